The van der Waals surface area contributed by atoms with Gasteiger partial charge in [0.25, 0.3) is 5.91 Å². The molecule has 0 radical (unpaired) electrons. The van der Waals surface area contributed by atoms with E-state index in [2.05, 4.69) is 10.3 Å². The Kier molecular flexibility index (Phi) is 5.50. The molecule has 0 unspecified atom stereocenters. The molecule has 0 aliphatic heterocycles. The maximum atomic E-state index is 12.6. The molecule has 0 saturated heterocycles. The molecule has 4 aromatic rings. The van der Waals surface area contributed by atoms with Gasteiger partial charge in [-0.05, 0) is 48.9 Å². The van der Waals surface area contributed by atoms with Crippen LogP contribution in [0.25, 0.3) is 22.6 Å². The van der Waals surface area contributed by atoms with Gasteiger partial charge in [-0.25, -0.2) is 9.78 Å². The smallest absolute Gasteiger partial charge is 0.339 e. The van der Waals surface area contributed by atoms with Gasteiger partial charge in [-0.1, -0.05) is 41.9 Å². The number of hydrogen-bond donors (Lipinski definition) is 1. The summed E-state index contributed by atoms with van der Waals surface area (Å²) in [5.74, 6) is -0.810. The van der Waals surface area contributed by atoms with Crippen LogP contribution in [0.2, 0.25) is 5.02 Å². The molecular weight excluding hydrogens is 404 g/mol. The minimum absolute atomic E-state index is 0.259. The van der Waals surface area contributed by atoms with Gasteiger partial charge >= 0.3 is 5.97 Å². The monoisotopic (exact) mass is 420 g/mol. The molecule has 0 saturated carbocycles. The van der Waals surface area contributed by atoms with Crippen LogP contribution in [0.1, 0.15) is 15.9 Å². The first-order valence-electron chi connectivity index (χ1n) is 9.19. The van der Waals surface area contributed by atoms with E-state index in [1.54, 1.807) is 48.5 Å². The first-order valence-corrected chi connectivity index (χ1v) is 9.57. The summed E-state index contributed by atoms with van der Waals surface area (Å²) < 4.78 is 11.0. The SMILES string of the molecule is Cc1ccc(NC(=O)COC(=O)c2ccccc2-c2nc3ccccc3o2)cc1Cl. The van der Waals surface area contributed by atoms with E-state index in [-0.39, 0.29) is 5.56 Å². The number of anilines is 1. The third kappa shape index (κ3) is 4.18. The molecule has 1 aromatic heterocycles. The van der Waals surface area contributed by atoms with E-state index in [0.717, 1.165) is 5.56 Å². The molecule has 150 valence electrons. The normalized spacial score (nSPS) is 10.7. The van der Waals surface area contributed by atoms with E-state index in [4.69, 9.17) is 20.8 Å². The first-order chi connectivity index (χ1) is 14.5. The number of para-hydroxylation sites is 2. The maximum absolute atomic E-state index is 12.6. The molecule has 6 nitrogen and oxygen atoms in total. The first kappa shape index (κ1) is 19.7. The van der Waals surface area contributed by atoms with Crippen molar-refractivity contribution in [1.82, 2.24) is 4.98 Å². The van der Waals surface area contributed by atoms with E-state index < -0.39 is 18.5 Å². The van der Waals surface area contributed by atoms with Crippen molar-refractivity contribution in [3.05, 3.63) is 82.9 Å². The van der Waals surface area contributed by atoms with Gasteiger partial charge < -0.3 is 14.5 Å². The molecule has 0 spiro atoms. The van der Waals surface area contributed by atoms with Crippen molar-refractivity contribution in [3.63, 3.8) is 0 Å². The number of nitrogens with one attached hydrogen (secondary N) is 1. The number of carbonyl (C=O) groups excluding carboxylic acids is 2. The van der Waals surface area contributed by atoms with E-state index in [1.165, 1.54) is 0 Å². The van der Waals surface area contributed by atoms with E-state index >= 15 is 0 Å². The predicted molar refractivity (Wildman–Crippen MR) is 115 cm³/mol. The standard InChI is InChI=1S/C23H17ClN2O4/c1-14-10-11-15(12-18(14)24)25-21(27)13-29-23(28)17-7-3-2-6-16(17)22-26-19-8-4-5-9-20(19)30-22/h2-12H,13H2,1H3,(H,25,27). The van der Waals surface area contributed by atoms with Gasteiger partial charge in [0.15, 0.2) is 12.2 Å². The van der Waals surface area contributed by atoms with Gasteiger partial charge in [0.05, 0.1) is 11.1 Å². The van der Waals surface area contributed by atoms with Crippen molar-refractivity contribution in [1.29, 1.82) is 0 Å². The Morgan fingerprint density at radius 1 is 1.07 bits per heavy atom. The quantitative estimate of drug-likeness (QED) is 0.446. The lowest BCUT2D eigenvalue weighted by atomic mass is 10.1. The Morgan fingerprint density at radius 3 is 2.63 bits per heavy atom. The summed E-state index contributed by atoms with van der Waals surface area (Å²) in [5, 5.41) is 3.19. The number of carbonyl (C=O) groups is 2. The molecule has 1 N–H and O–H groups in total. The highest BCUT2D eigenvalue weighted by Gasteiger charge is 2.19. The number of halogens is 1. The highest BCUT2D eigenvalue weighted by Crippen LogP contribution is 2.27. The fraction of sp³-hybridized carbons (Fsp3) is 0.0870. The minimum atomic E-state index is -0.648. The second-order valence-electron chi connectivity index (χ2n) is 6.62. The summed E-state index contributed by atoms with van der Waals surface area (Å²) in [6.45, 7) is 1.43. The lowest BCUT2D eigenvalue weighted by Crippen LogP contribution is -2.21. The number of nitrogens with zero attached hydrogens (tertiary/aromatic N) is 1. The molecule has 0 atom stereocenters. The zero-order chi connectivity index (χ0) is 21.1. The molecule has 0 aliphatic rings. The predicted octanol–water partition coefficient (Wildman–Crippen LogP) is 5.25. The summed E-state index contributed by atoms with van der Waals surface area (Å²) in [6, 6.07) is 19.3. The third-order valence-corrected chi connectivity index (χ3v) is 4.87. The molecular formula is C23H17ClN2O4. The Labute approximate surface area is 177 Å². The Balaban J connectivity index is 1.47. The minimum Gasteiger partial charge on any atom is -0.452 e. The Bertz CT molecular complexity index is 1220. The highest BCUT2D eigenvalue weighted by atomic mass is 35.5. The largest absolute Gasteiger partial charge is 0.452 e. The number of esters is 1. The van der Waals surface area contributed by atoms with Crippen molar-refractivity contribution < 1.29 is 18.7 Å². The molecule has 3 aromatic carbocycles. The fourth-order valence-corrected chi connectivity index (χ4v) is 3.09. The average Bonchev–Trinajstić information content (AvgIpc) is 3.19. The molecule has 7 heteroatoms. The third-order valence-electron chi connectivity index (χ3n) is 4.46. The number of amides is 1. The lowest BCUT2D eigenvalue weighted by Gasteiger charge is -2.09. The highest BCUT2D eigenvalue weighted by molar-refractivity contribution is 6.31. The lowest BCUT2D eigenvalue weighted by molar-refractivity contribution is -0.119. The van der Waals surface area contributed by atoms with Crippen molar-refractivity contribution in [2.24, 2.45) is 0 Å². The number of rotatable bonds is 5. The summed E-state index contributed by atoms with van der Waals surface area (Å²) >= 11 is 6.06. The Hall–Kier alpha value is -3.64. The van der Waals surface area contributed by atoms with Crippen LogP contribution in [0.3, 0.4) is 0 Å². The zero-order valence-corrected chi connectivity index (χ0v) is 16.8. The van der Waals surface area contributed by atoms with Gasteiger partial charge in [-0.3, -0.25) is 4.79 Å². The molecule has 0 bridgehead atoms. The summed E-state index contributed by atoms with van der Waals surface area (Å²) in [5.41, 5.74) is 3.48. The number of hydrogen-bond acceptors (Lipinski definition) is 5. The number of aromatic nitrogens is 1. The van der Waals surface area contributed by atoms with Crippen LogP contribution < -0.4 is 5.32 Å². The molecule has 1 amide bonds. The Morgan fingerprint density at radius 2 is 1.83 bits per heavy atom. The number of benzene rings is 3. The summed E-state index contributed by atoms with van der Waals surface area (Å²) in [6.07, 6.45) is 0. The number of aryl methyl sites for hydroxylation is 1. The number of ether oxygens (including phenoxy) is 1. The van der Waals surface area contributed by atoms with Crippen LogP contribution in [-0.4, -0.2) is 23.5 Å². The second-order valence-corrected chi connectivity index (χ2v) is 7.03. The average molecular weight is 421 g/mol. The second kappa shape index (κ2) is 8.39. The molecule has 0 fully saturated rings. The van der Waals surface area contributed by atoms with E-state index in [9.17, 15) is 9.59 Å². The van der Waals surface area contributed by atoms with Crippen molar-refractivity contribution in [2.75, 3.05) is 11.9 Å². The van der Waals surface area contributed by atoms with Gasteiger partial charge in [-0.15, -0.1) is 0 Å². The molecule has 4 rings (SSSR count). The van der Waals surface area contributed by atoms with Gasteiger partial charge in [-0.2, -0.15) is 0 Å². The number of oxazole rings is 1. The van der Waals surface area contributed by atoms with Crippen LogP contribution in [0.4, 0.5) is 5.69 Å². The zero-order valence-electron chi connectivity index (χ0n) is 16.0. The van der Waals surface area contributed by atoms with E-state index in [1.807, 2.05) is 25.1 Å². The van der Waals surface area contributed by atoms with Crippen LogP contribution in [-0.2, 0) is 9.53 Å². The van der Waals surface area contributed by atoms with Crippen LogP contribution in [0.15, 0.2) is 71.1 Å². The van der Waals surface area contributed by atoms with Crippen molar-refractivity contribution in [3.8, 4) is 11.5 Å². The maximum Gasteiger partial charge on any atom is 0.339 e. The molecule has 30 heavy (non-hydrogen) atoms. The van der Waals surface area contributed by atoms with Crippen molar-refractivity contribution >= 4 is 40.3 Å². The molecule has 1 heterocycles. The molecule has 0 aliphatic carbocycles. The van der Waals surface area contributed by atoms with Gasteiger partial charge in [0, 0.05) is 10.7 Å². The van der Waals surface area contributed by atoms with Crippen LogP contribution in [0.5, 0.6) is 0 Å². The summed E-state index contributed by atoms with van der Waals surface area (Å²) in [4.78, 5) is 29.2. The van der Waals surface area contributed by atoms with E-state index in [0.29, 0.717) is 33.3 Å². The van der Waals surface area contributed by atoms with Gasteiger partial charge in [0.1, 0.15) is 5.52 Å². The van der Waals surface area contributed by atoms with Crippen molar-refractivity contribution in [2.45, 2.75) is 6.92 Å². The van der Waals surface area contributed by atoms with Gasteiger partial charge in [0.2, 0.25) is 5.89 Å². The van der Waals surface area contributed by atoms with Crippen LogP contribution in [0, 0.1) is 6.92 Å². The fourth-order valence-electron chi connectivity index (χ4n) is 2.91. The topological polar surface area (TPSA) is 81.4 Å². The van der Waals surface area contributed by atoms with Crippen LogP contribution >= 0.6 is 11.6 Å². The number of fused-ring (bicyclic) bond motifs is 1. The summed E-state index contributed by atoms with van der Waals surface area (Å²) in [7, 11) is 0.